The van der Waals surface area contributed by atoms with E-state index in [9.17, 15) is 0 Å². The van der Waals surface area contributed by atoms with Crippen molar-refractivity contribution in [1.82, 2.24) is 5.43 Å². The van der Waals surface area contributed by atoms with Gasteiger partial charge < -0.3 is 22.6 Å². The van der Waals surface area contributed by atoms with Crippen molar-refractivity contribution in [2.24, 2.45) is 23.0 Å². The summed E-state index contributed by atoms with van der Waals surface area (Å²) in [4.78, 5) is 9.00. The molecule has 0 aliphatic rings. The Morgan fingerprint density at radius 1 is 1.33 bits per heavy atom. The van der Waals surface area contributed by atoms with Crippen molar-refractivity contribution in [3.05, 3.63) is 0 Å². The molecule has 0 radical (unpaired) electrons. The molecule has 0 spiro atoms. The molecule has 0 aromatic rings. The van der Waals surface area contributed by atoms with E-state index in [1.54, 1.807) is 0 Å². The van der Waals surface area contributed by atoms with E-state index in [4.69, 9.17) is 10.5 Å². The normalized spacial score (nSPS) is 6.33. The SMILES string of the molecule is NC(N)=O.NNC(N)=S. The number of nitrogens with one attached hydrogen (secondary N) is 1. The fourth-order valence-corrected chi connectivity index (χ4v) is 0. The van der Waals surface area contributed by atoms with Crippen molar-refractivity contribution < 1.29 is 4.79 Å². The third-order valence-corrected chi connectivity index (χ3v) is 0.260. The number of primary amides is 2. The minimum atomic E-state index is -0.833. The summed E-state index contributed by atoms with van der Waals surface area (Å²) in [5.41, 5.74) is 15.3. The van der Waals surface area contributed by atoms with Crippen molar-refractivity contribution in [1.29, 1.82) is 0 Å². The maximum absolute atomic E-state index is 9.00. The summed E-state index contributed by atoms with van der Waals surface area (Å²) < 4.78 is 0. The van der Waals surface area contributed by atoms with Crippen molar-refractivity contribution in [2.75, 3.05) is 0 Å². The lowest BCUT2D eigenvalue weighted by atomic mass is 11.2. The first kappa shape index (κ1) is 10.8. The summed E-state index contributed by atoms with van der Waals surface area (Å²) in [7, 11) is 0. The minimum absolute atomic E-state index is 0.116. The Morgan fingerprint density at radius 2 is 1.44 bits per heavy atom. The molecule has 0 saturated carbocycles. The molecule has 0 bridgehead atoms. The van der Waals surface area contributed by atoms with E-state index in [-0.39, 0.29) is 5.11 Å². The Bertz CT molecular complexity index is 99.1. The van der Waals surface area contributed by atoms with Gasteiger partial charge in [-0.15, -0.1) is 0 Å². The van der Waals surface area contributed by atoms with E-state index in [0.717, 1.165) is 0 Å². The van der Waals surface area contributed by atoms with Gasteiger partial charge in [0.2, 0.25) is 0 Å². The number of hydrogen-bond acceptors (Lipinski definition) is 3. The molecule has 7 heteroatoms. The number of carbonyl (C=O) groups excluding carboxylic acids is 1. The zero-order valence-electron chi connectivity index (χ0n) is 4.63. The van der Waals surface area contributed by atoms with E-state index in [2.05, 4.69) is 29.5 Å². The third kappa shape index (κ3) is 198. The van der Waals surface area contributed by atoms with Crippen LogP contribution in [0.4, 0.5) is 4.79 Å². The first-order valence-corrected chi connectivity index (χ1v) is 2.22. The van der Waals surface area contributed by atoms with Crippen LogP contribution < -0.4 is 28.5 Å². The molecule has 0 rings (SSSR count). The average molecular weight is 151 g/mol. The zero-order valence-corrected chi connectivity index (χ0v) is 5.44. The first-order chi connectivity index (χ1) is 4.00. The molecule has 54 valence electrons. The van der Waals surface area contributed by atoms with E-state index < -0.39 is 6.03 Å². The van der Waals surface area contributed by atoms with Crippen molar-refractivity contribution in [3.63, 3.8) is 0 Å². The van der Waals surface area contributed by atoms with Gasteiger partial charge in [-0.1, -0.05) is 0 Å². The fourth-order valence-electron chi connectivity index (χ4n) is 0. The van der Waals surface area contributed by atoms with Crippen LogP contribution in [0, 0.1) is 0 Å². The molecule has 0 saturated heterocycles. The number of carbonyl (C=O) groups is 1. The minimum Gasteiger partial charge on any atom is -0.375 e. The maximum Gasteiger partial charge on any atom is 0.309 e. The smallest absolute Gasteiger partial charge is 0.309 e. The summed E-state index contributed by atoms with van der Waals surface area (Å²) in [5.74, 6) is 4.66. The van der Waals surface area contributed by atoms with Crippen LogP contribution in [0.5, 0.6) is 0 Å². The molecule has 9 heavy (non-hydrogen) atoms. The number of nitrogens with two attached hydrogens (primary N) is 4. The highest BCUT2D eigenvalue weighted by Crippen LogP contribution is 1.40. The lowest BCUT2D eigenvalue weighted by molar-refractivity contribution is 0.256. The Kier molecular flexibility index (Phi) is 8.32. The second kappa shape index (κ2) is 6.92. The van der Waals surface area contributed by atoms with Crippen molar-refractivity contribution >= 4 is 23.4 Å². The van der Waals surface area contributed by atoms with Crippen LogP contribution in [0.3, 0.4) is 0 Å². The number of amides is 2. The highest BCUT2D eigenvalue weighted by molar-refractivity contribution is 7.80. The van der Waals surface area contributed by atoms with E-state index in [1.165, 1.54) is 0 Å². The highest BCUT2D eigenvalue weighted by atomic mass is 32.1. The average Bonchev–Trinajstić information content (AvgIpc) is 1.65. The van der Waals surface area contributed by atoms with Crippen LogP contribution in [-0.2, 0) is 0 Å². The summed E-state index contributed by atoms with van der Waals surface area (Å²) in [5, 5.41) is 0.116. The summed E-state index contributed by atoms with van der Waals surface area (Å²) in [6.45, 7) is 0. The van der Waals surface area contributed by atoms with Crippen LogP contribution in [0.2, 0.25) is 0 Å². The largest absolute Gasteiger partial charge is 0.375 e. The van der Waals surface area contributed by atoms with E-state index >= 15 is 0 Å². The number of thiocarbonyl (C=S) groups is 1. The molecular formula is C2H9N5OS. The molecule has 0 aromatic heterocycles. The molecule has 0 unspecified atom stereocenters. The van der Waals surface area contributed by atoms with Gasteiger partial charge in [0.1, 0.15) is 0 Å². The quantitative estimate of drug-likeness (QED) is 0.151. The summed E-state index contributed by atoms with van der Waals surface area (Å²) in [6, 6.07) is -0.833. The van der Waals surface area contributed by atoms with E-state index in [0.29, 0.717) is 0 Å². The van der Waals surface area contributed by atoms with Crippen LogP contribution in [0.1, 0.15) is 0 Å². The fraction of sp³-hybridized carbons (Fsp3) is 0. The lowest BCUT2D eigenvalue weighted by Gasteiger charge is -1.85. The van der Waals surface area contributed by atoms with Crippen LogP contribution in [0.15, 0.2) is 0 Å². The Balaban J connectivity index is 0. The van der Waals surface area contributed by atoms with Gasteiger partial charge in [0.25, 0.3) is 0 Å². The summed E-state index contributed by atoms with van der Waals surface area (Å²) in [6.07, 6.45) is 0. The molecule has 0 aliphatic heterocycles. The van der Waals surface area contributed by atoms with Crippen molar-refractivity contribution in [2.45, 2.75) is 0 Å². The van der Waals surface area contributed by atoms with Crippen molar-refractivity contribution in [3.8, 4) is 0 Å². The van der Waals surface area contributed by atoms with Gasteiger partial charge >= 0.3 is 6.03 Å². The molecular weight excluding hydrogens is 142 g/mol. The van der Waals surface area contributed by atoms with E-state index in [1.807, 2.05) is 5.43 Å². The third-order valence-electron chi connectivity index (χ3n) is 0.142. The highest BCUT2D eigenvalue weighted by Gasteiger charge is 1.66. The Morgan fingerprint density at radius 3 is 1.44 bits per heavy atom. The second-order valence-electron chi connectivity index (χ2n) is 0.911. The number of rotatable bonds is 0. The second-order valence-corrected chi connectivity index (χ2v) is 1.35. The molecule has 9 N–H and O–H groups in total. The van der Waals surface area contributed by atoms with Gasteiger partial charge in [-0.3, -0.25) is 0 Å². The zero-order chi connectivity index (χ0) is 7.86. The van der Waals surface area contributed by atoms with Crippen LogP contribution >= 0.6 is 12.2 Å². The molecule has 0 atom stereocenters. The molecule has 0 aliphatic carbocycles. The van der Waals surface area contributed by atoms with Gasteiger partial charge in [-0.25, -0.2) is 10.6 Å². The Hall–Kier alpha value is -1.08. The first-order valence-electron chi connectivity index (χ1n) is 1.81. The van der Waals surface area contributed by atoms with Gasteiger partial charge in [-0.05, 0) is 12.2 Å². The monoisotopic (exact) mass is 151 g/mol. The van der Waals surface area contributed by atoms with Gasteiger partial charge in [0.15, 0.2) is 5.11 Å². The predicted octanol–water partition coefficient (Wildman–Crippen LogP) is -2.28. The summed E-state index contributed by atoms with van der Waals surface area (Å²) >= 11 is 4.24. The number of hydrazine groups is 1. The van der Waals surface area contributed by atoms with Crippen LogP contribution in [0.25, 0.3) is 0 Å². The van der Waals surface area contributed by atoms with Gasteiger partial charge in [0.05, 0.1) is 0 Å². The maximum atomic E-state index is 9.00. The standard InChI is InChI=1S/CH5N3S.CH4N2O/c2-1(5)4-3;2-1(3)4/h3H2,(H3,2,4,5);(H4,2,3,4). The molecule has 0 fully saturated rings. The number of urea groups is 1. The predicted molar refractivity (Wildman–Crippen MR) is 37.9 cm³/mol. The topological polar surface area (TPSA) is 133 Å². The molecule has 2 amide bonds. The molecule has 0 aromatic carbocycles. The molecule has 6 nitrogen and oxygen atoms in total. The van der Waals surface area contributed by atoms with Gasteiger partial charge in [0, 0.05) is 0 Å². The lowest BCUT2D eigenvalue weighted by Crippen LogP contribution is -2.34. The molecule has 0 heterocycles. The van der Waals surface area contributed by atoms with Crippen LogP contribution in [-0.4, -0.2) is 11.1 Å². The Labute approximate surface area is 57.5 Å². The van der Waals surface area contributed by atoms with Gasteiger partial charge in [-0.2, -0.15) is 0 Å². The number of hydrogen-bond donors (Lipinski definition) is 5.